The number of hydrogen-bond acceptors (Lipinski definition) is 4. The molecular weight excluding hydrogens is 282 g/mol. The van der Waals surface area contributed by atoms with E-state index in [-0.39, 0.29) is 12.0 Å². The summed E-state index contributed by atoms with van der Waals surface area (Å²) in [6.45, 7) is 7.28. The van der Waals surface area contributed by atoms with E-state index in [0.717, 1.165) is 5.56 Å². The van der Waals surface area contributed by atoms with Crippen LogP contribution in [0.5, 0.6) is 0 Å². The second-order valence-electron chi connectivity index (χ2n) is 5.45. The average Bonchev–Trinajstić information content (AvgIpc) is 2.41. The number of carbonyl (C=O) groups is 2. The van der Waals surface area contributed by atoms with Gasteiger partial charge in [-0.3, -0.25) is 24.3 Å². The number of nitrogens with zero attached hydrogens (tertiary/aromatic N) is 2. The van der Waals surface area contributed by atoms with Gasteiger partial charge in [0.15, 0.2) is 0 Å². The summed E-state index contributed by atoms with van der Waals surface area (Å²) in [4.78, 5) is 40.8. The summed E-state index contributed by atoms with van der Waals surface area (Å²) in [5.74, 6) is -0.526. The summed E-state index contributed by atoms with van der Waals surface area (Å²) in [6.07, 6.45) is 0.0219. The third-order valence-corrected chi connectivity index (χ3v) is 3.86. The first-order chi connectivity index (χ1) is 10.4. The lowest BCUT2D eigenvalue weighted by Gasteiger charge is -2.26. The number of piperidine rings is 1. The monoisotopic (exact) mass is 297 g/mol. The fraction of sp³-hybridized carbons (Fsp3) is 0.250. The van der Waals surface area contributed by atoms with Crippen LogP contribution in [0.25, 0.3) is 10.9 Å². The Bertz CT molecular complexity index is 875. The van der Waals surface area contributed by atoms with Gasteiger partial charge in [0.1, 0.15) is 11.9 Å². The molecule has 1 aliphatic heterocycles. The van der Waals surface area contributed by atoms with Crippen LogP contribution < -0.4 is 10.9 Å². The summed E-state index contributed by atoms with van der Waals surface area (Å²) in [6, 6.07) is 4.52. The van der Waals surface area contributed by atoms with E-state index in [1.54, 1.807) is 13.0 Å². The summed E-state index contributed by atoms with van der Waals surface area (Å²) in [5.41, 5.74) is 1.49. The zero-order chi connectivity index (χ0) is 16.0. The smallest absolute Gasteiger partial charge is 0.262 e. The molecule has 2 aromatic rings. The van der Waals surface area contributed by atoms with Gasteiger partial charge in [0.25, 0.3) is 11.5 Å². The van der Waals surface area contributed by atoms with E-state index in [2.05, 4.69) is 16.9 Å². The molecule has 1 N–H and O–H groups in total. The number of imide groups is 1. The van der Waals surface area contributed by atoms with Crippen LogP contribution in [-0.2, 0) is 9.59 Å². The quantitative estimate of drug-likeness (QED) is 0.632. The normalized spacial score (nSPS) is 18.6. The number of benzene rings is 1. The van der Waals surface area contributed by atoms with Gasteiger partial charge in [-0.2, -0.15) is 0 Å². The Morgan fingerprint density at radius 1 is 1.27 bits per heavy atom. The average molecular weight is 297 g/mol. The Kier molecular flexibility index (Phi) is 3.16. The van der Waals surface area contributed by atoms with Gasteiger partial charge in [-0.1, -0.05) is 18.7 Å². The first-order valence-electron chi connectivity index (χ1n) is 6.90. The van der Waals surface area contributed by atoms with E-state index < -0.39 is 17.9 Å². The van der Waals surface area contributed by atoms with Gasteiger partial charge >= 0.3 is 0 Å². The molecule has 3 rings (SSSR count). The number of aromatic nitrogens is 2. The molecule has 2 heterocycles. The highest BCUT2D eigenvalue weighted by atomic mass is 16.2. The lowest BCUT2D eigenvalue weighted by molar-refractivity contribution is -0.133. The van der Waals surface area contributed by atoms with E-state index in [0.29, 0.717) is 22.3 Å². The van der Waals surface area contributed by atoms with Crippen molar-refractivity contribution < 1.29 is 9.59 Å². The third-order valence-electron chi connectivity index (χ3n) is 3.86. The van der Waals surface area contributed by atoms with E-state index >= 15 is 0 Å². The summed E-state index contributed by atoms with van der Waals surface area (Å²) >= 11 is 0. The van der Waals surface area contributed by atoms with Crippen molar-refractivity contribution >= 4 is 22.7 Å². The predicted molar refractivity (Wildman–Crippen MR) is 81.4 cm³/mol. The van der Waals surface area contributed by atoms with Crippen LogP contribution in [0, 0.1) is 13.8 Å². The van der Waals surface area contributed by atoms with Crippen LogP contribution >= 0.6 is 0 Å². The summed E-state index contributed by atoms with van der Waals surface area (Å²) in [5, 5.41) is 2.73. The van der Waals surface area contributed by atoms with Crippen LogP contribution in [0.2, 0.25) is 0 Å². The number of nitrogens with one attached hydrogen (secondary N) is 1. The van der Waals surface area contributed by atoms with E-state index in [4.69, 9.17) is 0 Å². The highest BCUT2D eigenvalue weighted by Gasteiger charge is 2.33. The topological polar surface area (TPSA) is 81.1 Å². The molecule has 0 saturated carbocycles. The van der Waals surface area contributed by atoms with Crippen LogP contribution in [-0.4, -0.2) is 21.4 Å². The Hall–Kier alpha value is -2.76. The summed E-state index contributed by atoms with van der Waals surface area (Å²) < 4.78 is 1.32. The lowest BCUT2D eigenvalue weighted by atomic mass is 9.99. The molecule has 1 aliphatic rings. The molecule has 0 radical (unpaired) electrons. The second-order valence-corrected chi connectivity index (χ2v) is 5.45. The highest BCUT2D eigenvalue weighted by molar-refractivity contribution is 6.03. The first-order valence-corrected chi connectivity index (χ1v) is 6.90. The highest BCUT2D eigenvalue weighted by Crippen LogP contribution is 2.24. The number of amides is 2. The number of aryl methyl sites for hydroxylation is 2. The number of rotatable bonds is 1. The van der Waals surface area contributed by atoms with Crippen molar-refractivity contribution in [2.24, 2.45) is 0 Å². The SMILES string of the molecule is C=C1CC(=O)NC(=O)[C@@H]1n1c(C)nc2cccc(C)c2c1=O. The van der Waals surface area contributed by atoms with E-state index in [1.807, 2.05) is 19.1 Å². The Morgan fingerprint density at radius 3 is 2.68 bits per heavy atom. The second kappa shape index (κ2) is 4.91. The Balaban J connectivity index is 2.30. The van der Waals surface area contributed by atoms with Gasteiger partial charge < -0.3 is 0 Å². The van der Waals surface area contributed by atoms with E-state index in [9.17, 15) is 14.4 Å². The standard InChI is InChI=1S/C16H15N3O3/c1-8-5-4-6-11-13(8)16(22)19(10(3)17-11)14-9(2)7-12(20)18-15(14)21/h4-6,14H,2,7H2,1,3H3,(H,18,20,21)/t14-/m1/s1. The molecule has 6 heteroatoms. The number of hydrogen-bond donors (Lipinski definition) is 1. The molecule has 0 aliphatic carbocycles. The van der Waals surface area contributed by atoms with Gasteiger partial charge in [0.05, 0.1) is 17.3 Å². The van der Waals surface area contributed by atoms with Crippen molar-refractivity contribution in [3.8, 4) is 0 Å². The molecule has 6 nitrogen and oxygen atoms in total. The minimum Gasteiger partial charge on any atom is -0.294 e. The van der Waals surface area contributed by atoms with Crippen molar-refractivity contribution in [2.75, 3.05) is 0 Å². The van der Waals surface area contributed by atoms with Gasteiger partial charge in [0, 0.05) is 0 Å². The maximum Gasteiger partial charge on any atom is 0.262 e. The molecule has 1 aromatic carbocycles. The van der Waals surface area contributed by atoms with Gasteiger partial charge in [-0.25, -0.2) is 4.98 Å². The molecule has 0 bridgehead atoms. The Labute approximate surface area is 126 Å². The van der Waals surface area contributed by atoms with Crippen LogP contribution in [0.1, 0.15) is 23.9 Å². The molecule has 2 amide bonds. The summed E-state index contributed by atoms with van der Waals surface area (Å²) in [7, 11) is 0. The Morgan fingerprint density at radius 2 is 2.00 bits per heavy atom. The van der Waals surface area contributed by atoms with Crippen molar-refractivity contribution in [3.63, 3.8) is 0 Å². The molecular formula is C16H15N3O3. The van der Waals surface area contributed by atoms with Crippen LogP contribution in [0.4, 0.5) is 0 Å². The predicted octanol–water partition coefficient (Wildman–Crippen LogP) is 1.16. The molecule has 1 atom stereocenters. The van der Waals surface area contributed by atoms with E-state index in [1.165, 1.54) is 4.57 Å². The zero-order valence-electron chi connectivity index (χ0n) is 12.3. The molecule has 1 fully saturated rings. The fourth-order valence-electron chi connectivity index (χ4n) is 2.86. The molecule has 1 aromatic heterocycles. The van der Waals surface area contributed by atoms with Gasteiger partial charge in [-0.05, 0) is 31.1 Å². The lowest BCUT2D eigenvalue weighted by Crippen LogP contribution is -2.46. The van der Waals surface area contributed by atoms with Crippen LogP contribution in [0.3, 0.4) is 0 Å². The van der Waals surface area contributed by atoms with Crippen molar-refractivity contribution in [1.29, 1.82) is 0 Å². The maximum absolute atomic E-state index is 12.9. The first kappa shape index (κ1) is 14.2. The molecule has 1 saturated heterocycles. The number of carbonyl (C=O) groups excluding carboxylic acids is 2. The van der Waals surface area contributed by atoms with Crippen molar-refractivity contribution in [2.45, 2.75) is 26.3 Å². The van der Waals surface area contributed by atoms with Gasteiger partial charge in [-0.15, -0.1) is 0 Å². The van der Waals surface area contributed by atoms with Crippen molar-refractivity contribution in [3.05, 3.63) is 52.1 Å². The number of fused-ring (bicyclic) bond motifs is 1. The van der Waals surface area contributed by atoms with Gasteiger partial charge in [0.2, 0.25) is 5.91 Å². The molecule has 0 unspecified atom stereocenters. The fourth-order valence-corrected chi connectivity index (χ4v) is 2.86. The largest absolute Gasteiger partial charge is 0.294 e. The molecule has 0 spiro atoms. The zero-order valence-corrected chi connectivity index (χ0v) is 12.3. The molecule has 112 valence electrons. The maximum atomic E-state index is 12.9. The van der Waals surface area contributed by atoms with Crippen LogP contribution in [0.15, 0.2) is 35.1 Å². The van der Waals surface area contributed by atoms with Crippen molar-refractivity contribution in [1.82, 2.24) is 14.9 Å². The minimum absolute atomic E-state index is 0.0219. The third kappa shape index (κ3) is 2.04. The minimum atomic E-state index is -0.901. The molecule has 22 heavy (non-hydrogen) atoms.